The van der Waals surface area contributed by atoms with Gasteiger partial charge in [-0.3, -0.25) is 0 Å². The van der Waals surface area contributed by atoms with Crippen LogP contribution in [0.25, 0.3) is 21.5 Å². The van der Waals surface area contributed by atoms with Gasteiger partial charge in [-0.05, 0) is 30.9 Å². The number of fused-ring (bicyclic) bond motifs is 2. The summed E-state index contributed by atoms with van der Waals surface area (Å²) in [5.41, 5.74) is 0.925. The molecule has 0 atom stereocenters. The van der Waals surface area contributed by atoms with Crippen molar-refractivity contribution >= 4 is 27.6 Å². The van der Waals surface area contributed by atoms with Crippen molar-refractivity contribution < 1.29 is 19.0 Å². The zero-order valence-corrected chi connectivity index (χ0v) is 16.4. The lowest BCUT2D eigenvalue weighted by Crippen LogP contribution is -2.35. The molecule has 0 bridgehead atoms. The summed E-state index contributed by atoms with van der Waals surface area (Å²) in [4.78, 5) is 14.1. The first-order chi connectivity index (χ1) is 13.7. The highest BCUT2D eigenvalue weighted by atomic mass is 16.6. The molecule has 1 aliphatic heterocycles. The van der Waals surface area contributed by atoms with Crippen molar-refractivity contribution in [2.75, 3.05) is 27.3 Å². The maximum atomic E-state index is 12.3. The minimum absolute atomic E-state index is 0.233. The monoisotopic (exact) mass is 379 g/mol. The Hall–Kier alpha value is -2.95. The van der Waals surface area contributed by atoms with E-state index in [9.17, 15) is 4.79 Å². The van der Waals surface area contributed by atoms with E-state index in [4.69, 9.17) is 14.2 Å². The maximum Gasteiger partial charge on any atom is 0.410 e. The molecule has 5 heteroatoms. The smallest absolute Gasteiger partial charge is 0.410 e. The quantitative estimate of drug-likeness (QED) is 0.590. The van der Waals surface area contributed by atoms with Crippen molar-refractivity contribution in [3.63, 3.8) is 0 Å². The molecule has 0 unspecified atom stereocenters. The minimum Gasteiger partial charge on any atom is -0.495 e. The summed E-state index contributed by atoms with van der Waals surface area (Å²) < 4.78 is 17.0. The molecule has 1 amide bonds. The maximum absolute atomic E-state index is 12.3. The molecule has 28 heavy (non-hydrogen) atoms. The normalized spacial score (nSPS) is 14.3. The van der Waals surface area contributed by atoms with E-state index < -0.39 is 0 Å². The summed E-state index contributed by atoms with van der Waals surface area (Å²) in [7, 11) is 3.36. The Bertz CT molecular complexity index is 1010. The Kier molecular flexibility index (Phi) is 5.24. The van der Waals surface area contributed by atoms with Crippen LogP contribution in [0.2, 0.25) is 0 Å². The van der Waals surface area contributed by atoms with Crippen molar-refractivity contribution in [3.8, 4) is 11.5 Å². The number of likely N-dealkylation sites (tertiary alicyclic amines) is 1. The fourth-order valence-electron chi connectivity index (χ4n) is 3.99. The van der Waals surface area contributed by atoms with Crippen LogP contribution in [0.3, 0.4) is 0 Å². The Balaban J connectivity index is 1.68. The highest BCUT2D eigenvalue weighted by Gasteiger charge is 2.19. The van der Waals surface area contributed by atoms with Gasteiger partial charge in [0, 0.05) is 34.6 Å². The van der Waals surface area contributed by atoms with Crippen molar-refractivity contribution in [1.29, 1.82) is 0 Å². The van der Waals surface area contributed by atoms with Gasteiger partial charge in [0.2, 0.25) is 0 Å². The van der Waals surface area contributed by atoms with Gasteiger partial charge in [0.1, 0.15) is 18.1 Å². The second-order valence-electron chi connectivity index (χ2n) is 7.09. The van der Waals surface area contributed by atoms with Gasteiger partial charge in [0.05, 0.1) is 14.2 Å². The molecule has 1 heterocycles. The van der Waals surface area contributed by atoms with Crippen molar-refractivity contribution in [1.82, 2.24) is 4.90 Å². The first-order valence-corrected chi connectivity index (χ1v) is 9.70. The molecule has 1 aliphatic rings. The van der Waals surface area contributed by atoms with Crippen LogP contribution in [-0.4, -0.2) is 38.3 Å². The molecule has 0 aliphatic carbocycles. The second-order valence-corrected chi connectivity index (χ2v) is 7.09. The van der Waals surface area contributed by atoms with Crippen LogP contribution < -0.4 is 9.47 Å². The molecule has 4 rings (SSSR count). The van der Waals surface area contributed by atoms with Gasteiger partial charge in [-0.25, -0.2) is 4.79 Å². The lowest BCUT2D eigenvalue weighted by atomic mass is 9.99. The zero-order chi connectivity index (χ0) is 19.5. The van der Waals surface area contributed by atoms with Gasteiger partial charge in [-0.2, -0.15) is 0 Å². The molecular weight excluding hydrogens is 354 g/mol. The summed E-state index contributed by atoms with van der Waals surface area (Å²) in [6.07, 6.45) is 3.05. The SMILES string of the molecule is COc1c2ccccc2c(OC)c2cc(COC(=O)N3CCCCC3)ccc12. The van der Waals surface area contributed by atoms with E-state index in [1.165, 1.54) is 6.42 Å². The average molecular weight is 379 g/mol. The van der Waals surface area contributed by atoms with Gasteiger partial charge in [0.25, 0.3) is 0 Å². The number of hydrogen-bond acceptors (Lipinski definition) is 4. The van der Waals surface area contributed by atoms with Crippen LogP contribution >= 0.6 is 0 Å². The molecule has 3 aromatic rings. The Morgan fingerprint density at radius 2 is 1.46 bits per heavy atom. The molecular formula is C23H25NO4. The van der Waals surface area contributed by atoms with Crippen LogP contribution in [0.15, 0.2) is 42.5 Å². The average Bonchev–Trinajstić information content (AvgIpc) is 2.76. The summed E-state index contributed by atoms with van der Waals surface area (Å²) >= 11 is 0. The molecule has 1 saturated heterocycles. The molecule has 0 radical (unpaired) electrons. The van der Waals surface area contributed by atoms with E-state index in [0.717, 1.165) is 64.5 Å². The van der Waals surface area contributed by atoms with Gasteiger partial charge in [-0.1, -0.05) is 36.4 Å². The van der Waals surface area contributed by atoms with Gasteiger partial charge < -0.3 is 19.1 Å². The molecule has 0 spiro atoms. The van der Waals surface area contributed by atoms with E-state index in [-0.39, 0.29) is 12.7 Å². The van der Waals surface area contributed by atoms with Gasteiger partial charge in [0.15, 0.2) is 0 Å². The van der Waals surface area contributed by atoms with Crippen LogP contribution in [0.1, 0.15) is 24.8 Å². The van der Waals surface area contributed by atoms with Gasteiger partial charge in [-0.15, -0.1) is 0 Å². The highest BCUT2D eigenvalue weighted by molar-refractivity contribution is 6.11. The summed E-state index contributed by atoms with van der Waals surface area (Å²) in [6.45, 7) is 1.81. The number of carbonyl (C=O) groups excluding carboxylic acids is 1. The fourth-order valence-corrected chi connectivity index (χ4v) is 3.99. The summed E-state index contributed by atoms with van der Waals surface area (Å²) in [5, 5.41) is 3.93. The Labute approximate surface area is 164 Å². The minimum atomic E-state index is -0.233. The third-order valence-electron chi connectivity index (χ3n) is 5.37. The van der Waals surface area contributed by atoms with Crippen molar-refractivity contribution in [2.24, 2.45) is 0 Å². The van der Waals surface area contributed by atoms with Crippen molar-refractivity contribution in [2.45, 2.75) is 25.9 Å². The number of benzene rings is 3. The number of amides is 1. The zero-order valence-electron chi connectivity index (χ0n) is 16.4. The van der Waals surface area contributed by atoms with Gasteiger partial charge >= 0.3 is 6.09 Å². The number of hydrogen-bond donors (Lipinski definition) is 0. The number of carbonyl (C=O) groups is 1. The molecule has 146 valence electrons. The number of nitrogens with zero attached hydrogens (tertiary/aromatic N) is 1. The standard InChI is InChI=1S/C23H25NO4/c1-26-21-17-8-4-5-9-18(17)22(27-2)20-14-16(10-11-19(20)21)15-28-23(25)24-12-6-3-7-13-24/h4-5,8-11,14H,3,6-7,12-13,15H2,1-2H3. The van der Waals surface area contributed by atoms with Crippen LogP contribution in [0, 0.1) is 0 Å². The largest absolute Gasteiger partial charge is 0.495 e. The van der Waals surface area contributed by atoms with Crippen LogP contribution in [0.4, 0.5) is 4.79 Å². The van der Waals surface area contributed by atoms with E-state index >= 15 is 0 Å². The third kappa shape index (κ3) is 3.33. The molecule has 3 aromatic carbocycles. The van der Waals surface area contributed by atoms with Crippen LogP contribution in [-0.2, 0) is 11.3 Å². The molecule has 5 nitrogen and oxygen atoms in total. The van der Waals surface area contributed by atoms with E-state index in [1.807, 2.05) is 42.5 Å². The van der Waals surface area contributed by atoms with E-state index in [0.29, 0.717) is 0 Å². The predicted molar refractivity (Wildman–Crippen MR) is 110 cm³/mol. The number of methoxy groups -OCH3 is 2. The Morgan fingerprint density at radius 1 is 0.857 bits per heavy atom. The lowest BCUT2D eigenvalue weighted by Gasteiger charge is -2.25. The van der Waals surface area contributed by atoms with E-state index in [1.54, 1.807) is 19.1 Å². The first-order valence-electron chi connectivity index (χ1n) is 9.70. The fraction of sp³-hybridized carbons (Fsp3) is 0.348. The number of piperidine rings is 1. The third-order valence-corrected chi connectivity index (χ3v) is 5.37. The predicted octanol–water partition coefficient (Wildman–Crippen LogP) is 5.13. The highest BCUT2D eigenvalue weighted by Crippen LogP contribution is 2.42. The Morgan fingerprint density at radius 3 is 2.11 bits per heavy atom. The first kappa shape index (κ1) is 18.4. The molecule has 0 saturated carbocycles. The van der Waals surface area contributed by atoms with Crippen molar-refractivity contribution in [3.05, 3.63) is 48.0 Å². The molecule has 1 fully saturated rings. The molecule has 0 N–H and O–H groups in total. The summed E-state index contributed by atoms with van der Waals surface area (Å²) in [5.74, 6) is 1.62. The topological polar surface area (TPSA) is 48.0 Å². The number of rotatable bonds is 4. The molecule has 0 aromatic heterocycles. The lowest BCUT2D eigenvalue weighted by molar-refractivity contribution is 0.0895. The number of ether oxygens (including phenoxy) is 3. The van der Waals surface area contributed by atoms with Crippen LogP contribution in [0.5, 0.6) is 11.5 Å². The second kappa shape index (κ2) is 7.97. The summed E-state index contributed by atoms with van der Waals surface area (Å²) in [6, 6.07) is 14.0. The van der Waals surface area contributed by atoms with E-state index in [2.05, 4.69) is 0 Å².